The summed E-state index contributed by atoms with van der Waals surface area (Å²) in [5.74, 6) is 0. The second kappa shape index (κ2) is 17.4. The molecule has 2 aliphatic carbocycles. The number of hydrogen-bond acceptors (Lipinski definition) is 3. The first-order valence-corrected chi connectivity index (χ1v) is 27.6. The Morgan fingerprint density at radius 1 is 0.378 bits per heavy atom. The largest absolute Gasteiger partial charge is 0.311 e. The van der Waals surface area contributed by atoms with Crippen LogP contribution in [0.15, 0.2) is 158 Å². The third-order valence-corrected chi connectivity index (χ3v) is 16.9. The fourth-order valence-corrected chi connectivity index (χ4v) is 12.8. The number of rotatable bonds is 6. The van der Waals surface area contributed by atoms with Gasteiger partial charge in [-0.25, -0.2) is 0 Å². The van der Waals surface area contributed by atoms with Gasteiger partial charge >= 0.3 is 0 Å². The highest BCUT2D eigenvalue weighted by Crippen LogP contribution is 2.53. The molecule has 0 spiro atoms. The van der Waals surface area contributed by atoms with Crippen LogP contribution in [0.5, 0.6) is 0 Å². The minimum Gasteiger partial charge on any atom is -0.311 e. The lowest BCUT2D eigenvalue weighted by molar-refractivity contribution is 0.590. The minimum absolute atomic E-state index is 0.0181. The number of aryl methyl sites for hydroxylation is 2. The molecule has 0 saturated carbocycles. The van der Waals surface area contributed by atoms with E-state index in [0.717, 1.165) is 35.6 Å². The minimum atomic E-state index is -0.0606. The van der Waals surface area contributed by atoms with E-state index < -0.39 is 0 Å². The van der Waals surface area contributed by atoms with E-state index in [1.807, 2.05) is 0 Å². The van der Waals surface area contributed by atoms with Crippen molar-refractivity contribution in [3.05, 3.63) is 202 Å². The molecule has 372 valence electrons. The van der Waals surface area contributed by atoms with E-state index >= 15 is 0 Å². The molecule has 0 N–H and O–H groups in total. The Hall–Kier alpha value is -6.78. The lowest BCUT2D eigenvalue weighted by Gasteiger charge is -2.46. The number of nitrogens with zero attached hydrogens (tertiary/aromatic N) is 3. The van der Waals surface area contributed by atoms with Crippen LogP contribution in [0.2, 0.25) is 0 Å². The van der Waals surface area contributed by atoms with Gasteiger partial charge in [0, 0.05) is 45.4 Å². The second-order valence-corrected chi connectivity index (χ2v) is 26.1. The molecular formula is C70H74BN3. The van der Waals surface area contributed by atoms with Crippen molar-refractivity contribution in [1.29, 1.82) is 0 Å². The monoisotopic (exact) mass is 968 g/mol. The molecule has 0 atom stereocenters. The van der Waals surface area contributed by atoms with Gasteiger partial charge in [0.05, 0.1) is 11.4 Å². The van der Waals surface area contributed by atoms with Crippen molar-refractivity contribution >= 4 is 74.3 Å². The molecule has 74 heavy (non-hydrogen) atoms. The van der Waals surface area contributed by atoms with Crippen molar-refractivity contribution in [3.8, 4) is 11.1 Å². The number of fused-ring (bicyclic) bond motifs is 6. The lowest BCUT2D eigenvalue weighted by atomic mass is 9.33. The van der Waals surface area contributed by atoms with Crippen LogP contribution in [0.25, 0.3) is 11.1 Å². The third-order valence-electron chi connectivity index (χ3n) is 16.9. The van der Waals surface area contributed by atoms with Gasteiger partial charge in [-0.15, -0.1) is 0 Å². The van der Waals surface area contributed by atoms with Crippen molar-refractivity contribution < 1.29 is 0 Å². The Morgan fingerprint density at radius 2 is 0.811 bits per heavy atom. The zero-order valence-corrected chi connectivity index (χ0v) is 46.2. The molecule has 0 radical (unpaired) electrons. The predicted molar refractivity (Wildman–Crippen MR) is 319 cm³/mol. The zero-order valence-electron chi connectivity index (χ0n) is 46.2. The molecule has 12 rings (SSSR count). The van der Waals surface area contributed by atoms with Gasteiger partial charge in [-0.1, -0.05) is 168 Å². The number of anilines is 9. The summed E-state index contributed by atoms with van der Waals surface area (Å²) in [6.45, 7) is 28.3. The van der Waals surface area contributed by atoms with Gasteiger partial charge in [-0.3, -0.25) is 0 Å². The van der Waals surface area contributed by atoms with E-state index in [1.165, 1.54) is 104 Å². The topological polar surface area (TPSA) is 9.72 Å². The number of hydrogen-bond donors (Lipinski definition) is 0. The number of para-hydroxylation sites is 2. The summed E-state index contributed by atoms with van der Waals surface area (Å²) in [5.41, 5.74) is 29.3. The average molecular weight is 968 g/mol. The highest BCUT2D eigenvalue weighted by atomic mass is 15.2. The highest BCUT2D eigenvalue weighted by molar-refractivity contribution is 7.00. The van der Waals surface area contributed by atoms with Crippen LogP contribution >= 0.6 is 0 Å². The van der Waals surface area contributed by atoms with Gasteiger partial charge in [-0.05, 0) is 199 Å². The van der Waals surface area contributed by atoms with Crippen molar-refractivity contribution in [2.45, 2.75) is 143 Å². The van der Waals surface area contributed by atoms with Crippen LogP contribution in [0.1, 0.15) is 140 Å². The predicted octanol–water partition coefficient (Wildman–Crippen LogP) is 17.1. The molecule has 0 fully saturated rings. The van der Waals surface area contributed by atoms with Gasteiger partial charge < -0.3 is 14.7 Å². The molecule has 0 saturated heterocycles. The molecule has 8 aromatic carbocycles. The Bertz CT molecular complexity index is 3410. The first-order chi connectivity index (χ1) is 35.2. The quantitative estimate of drug-likeness (QED) is 0.154. The Morgan fingerprint density at radius 3 is 1.30 bits per heavy atom. The summed E-state index contributed by atoms with van der Waals surface area (Å²) < 4.78 is 0. The van der Waals surface area contributed by atoms with Crippen LogP contribution in [0.4, 0.5) is 51.2 Å². The second-order valence-electron chi connectivity index (χ2n) is 26.1. The van der Waals surface area contributed by atoms with Gasteiger partial charge in [0.2, 0.25) is 0 Å². The molecule has 3 nitrogen and oxygen atoms in total. The normalized spacial score (nSPS) is 14.9. The maximum atomic E-state index is 2.73. The summed E-state index contributed by atoms with van der Waals surface area (Å²) in [6, 6.07) is 61.6. The summed E-state index contributed by atoms with van der Waals surface area (Å²) in [7, 11) is 0. The molecule has 0 aromatic heterocycles. The molecular weight excluding hydrogens is 894 g/mol. The van der Waals surface area contributed by atoms with Gasteiger partial charge in [0.25, 0.3) is 6.71 Å². The standard InChI is InChI=1S/C70H74BN3/c1-67(2,3)47-29-34-53(35-30-47)73-61-37-32-49(69(7,8)9)41-58(61)71-59-42-50(70(10,11)12)33-38-62(59)74(64-44-54(43-63(73)66(64)71)72(51-23-15-13-16-24-51)52-25-17-14-18-26-52)60-36-31-48(68(4,5)6)40-57(60)65-55-27-19-21-45(55)39-46-22-20-28-56(46)65/h13-18,23-26,29-44H,19-22,27-28H2,1-12H3. The SMILES string of the molecule is CC(C)(C)c1ccc(N2c3ccc(C(C)(C)C)cc3B3c4cc(C(C)(C)C)ccc4N(c4ccc(C(C)(C)C)cc4-c4c5c(cc6c4CCC6)CCC5)c4cc(N(c5ccccc5)c5ccccc5)cc2c43)cc1. The maximum Gasteiger partial charge on any atom is 0.252 e. The lowest BCUT2D eigenvalue weighted by Crippen LogP contribution is -2.61. The first-order valence-electron chi connectivity index (χ1n) is 27.6. The third kappa shape index (κ3) is 8.10. The van der Waals surface area contributed by atoms with Crippen molar-refractivity contribution in [2.75, 3.05) is 14.7 Å². The van der Waals surface area contributed by atoms with E-state index in [2.05, 4.69) is 256 Å². The smallest absolute Gasteiger partial charge is 0.252 e. The van der Waals surface area contributed by atoms with E-state index in [0.29, 0.717) is 0 Å². The van der Waals surface area contributed by atoms with Gasteiger partial charge in [-0.2, -0.15) is 0 Å². The van der Waals surface area contributed by atoms with Crippen molar-refractivity contribution in [2.24, 2.45) is 0 Å². The van der Waals surface area contributed by atoms with E-state index in [1.54, 1.807) is 22.3 Å². The van der Waals surface area contributed by atoms with Crippen LogP contribution in [-0.4, -0.2) is 6.71 Å². The average Bonchev–Trinajstić information content (AvgIpc) is 4.07. The summed E-state index contributed by atoms with van der Waals surface area (Å²) >= 11 is 0. The highest BCUT2D eigenvalue weighted by Gasteiger charge is 2.46. The molecule has 0 unspecified atom stereocenters. The van der Waals surface area contributed by atoms with E-state index in [-0.39, 0.29) is 28.4 Å². The van der Waals surface area contributed by atoms with Crippen LogP contribution in [-0.2, 0) is 47.3 Å². The molecule has 8 aromatic rings. The first kappa shape index (κ1) is 48.2. The van der Waals surface area contributed by atoms with E-state index in [4.69, 9.17) is 0 Å². The van der Waals surface area contributed by atoms with Crippen molar-refractivity contribution in [3.63, 3.8) is 0 Å². The van der Waals surface area contributed by atoms with Crippen LogP contribution in [0, 0.1) is 0 Å². The summed E-state index contributed by atoms with van der Waals surface area (Å²) in [4.78, 5) is 7.81. The zero-order chi connectivity index (χ0) is 51.6. The summed E-state index contributed by atoms with van der Waals surface area (Å²) in [5, 5.41) is 0. The maximum absolute atomic E-state index is 2.73. The fourth-order valence-electron chi connectivity index (χ4n) is 12.8. The number of benzene rings is 8. The van der Waals surface area contributed by atoms with Crippen LogP contribution in [0.3, 0.4) is 0 Å². The van der Waals surface area contributed by atoms with Gasteiger partial charge in [0.15, 0.2) is 0 Å². The summed E-state index contributed by atoms with van der Waals surface area (Å²) in [6.07, 6.45) is 7.04. The molecule has 0 amide bonds. The Labute approximate surface area is 443 Å². The van der Waals surface area contributed by atoms with E-state index in [9.17, 15) is 0 Å². The van der Waals surface area contributed by atoms with Crippen LogP contribution < -0.4 is 31.1 Å². The fraction of sp³-hybridized carbons (Fsp3) is 0.314. The molecule has 4 aliphatic rings. The molecule has 2 heterocycles. The molecule has 4 heteroatoms. The Kier molecular flexibility index (Phi) is 11.3. The van der Waals surface area contributed by atoms with Gasteiger partial charge in [0.1, 0.15) is 0 Å². The Balaban J connectivity index is 1.25. The van der Waals surface area contributed by atoms with Crippen molar-refractivity contribution in [1.82, 2.24) is 0 Å². The molecule has 2 aliphatic heterocycles. The molecule has 0 bridgehead atoms.